The van der Waals surface area contributed by atoms with Gasteiger partial charge in [-0.3, -0.25) is 29.1 Å². The van der Waals surface area contributed by atoms with Gasteiger partial charge >= 0.3 is 12.4 Å². The summed E-state index contributed by atoms with van der Waals surface area (Å²) in [6, 6.07) is 5.86. The van der Waals surface area contributed by atoms with Crippen LogP contribution in [0.15, 0.2) is 36.4 Å². The summed E-state index contributed by atoms with van der Waals surface area (Å²) in [6.07, 6.45) is -9.69. The summed E-state index contributed by atoms with van der Waals surface area (Å²) in [5.41, 5.74) is -1.57. The van der Waals surface area contributed by atoms with Crippen LogP contribution >= 0.6 is 0 Å². The number of nitrogens with one attached hydrogen (secondary N) is 1. The molecule has 0 radical (unpaired) electrons. The molecule has 0 saturated carbocycles. The van der Waals surface area contributed by atoms with Crippen molar-refractivity contribution in [1.82, 2.24) is 19.6 Å². The van der Waals surface area contributed by atoms with Crippen LogP contribution in [0, 0.1) is 6.92 Å². The molecule has 3 fully saturated rings. The van der Waals surface area contributed by atoms with Gasteiger partial charge in [0.15, 0.2) is 0 Å². The Morgan fingerprint density at radius 3 is 2.16 bits per heavy atom. The number of carbonyl (C=O) groups is 3. The lowest BCUT2D eigenvalue weighted by molar-refractivity contribution is -0.143. The van der Waals surface area contributed by atoms with Crippen molar-refractivity contribution in [3.63, 3.8) is 0 Å². The van der Waals surface area contributed by atoms with Gasteiger partial charge in [0, 0.05) is 83.1 Å². The van der Waals surface area contributed by atoms with Gasteiger partial charge in [0.05, 0.1) is 37.1 Å². The average Bonchev–Trinajstić information content (AvgIpc) is 3.39. The molecule has 2 aromatic carbocycles. The number of carbonyl (C=O) groups excluding carboxylic acids is 3. The fourth-order valence-corrected chi connectivity index (χ4v) is 6.58. The quantitative estimate of drug-likeness (QED) is 0.273. The maximum absolute atomic E-state index is 13.9. The van der Waals surface area contributed by atoms with Crippen molar-refractivity contribution in [2.45, 2.75) is 50.7 Å². The van der Waals surface area contributed by atoms with Crippen LogP contribution in [-0.4, -0.2) is 122 Å². The number of hydrogen-bond donors (Lipinski definition) is 1. The van der Waals surface area contributed by atoms with Crippen LogP contribution < -0.4 is 5.32 Å². The minimum atomic E-state index is -5.09. The third-order valence-electron chi connectivity index (χ3n) is 9.33. The molecule has 1 N–H and O–H groups in total. The third kappa shape index (κ3) is 9.33. The highest BCUT2D eigenvalue weighted by molar-refractivity contribution is 6.02. The van der Waals surface area contributed by atoms with Gasteiger partial charge < -0.3 is 19.7 Å². The maximum Gasteiger partial charge on any atom is 0.416 e. The number of rotatable bonds is 11. The van der Waals surface area contributed by atoms with Gasteiger partial charge in [-0.15, -0.1) is 0 Å². The smallest absolute Gasteiger partial charge is 0.382 e. The van der Waals surface area contributed by atoms with Gasteiger partial charge in [-0.2, -0.15) is 26.3 Å². The molecule has 2 aromatic rings. The lowest BCUT2D eigenvalue weighted by Gasteiger charge is -2.43. The molecule has 0 spiro atoms. The van der Waals surface area contributed by atoms with E-state index in [1.54, 1.807) is 7.11 Å². The van der Waals surface area contributed by atoms with E-state index in [-0.39, 0.29) is 56.5 Å². The first-order chi connectivity index (χ1) is 23.6. The molecule has 3 aliphatic rings. The highest BCUT2D eigenvalue weighted by atomic mass is 19.4. The van der Waals surface area contributed by atoms with E-state index >= 15 is 0 Å². The second-order valence-electron chi connectivity index (χ2n) is 12.9. The molecule has 3 saturated heterocycles. The van der Waals surface area contributed by atoms with Crippen LogP contribution in [0.3, 0.4) is 0 Å². The van der Waals surface area contributed by atoms with Crippen molar-refractivity contribution in [3.05, 3.63) is 64.2 Å². The number of benzene rings is 2. The number of ether oxygens (including phenoxy) is 2. The second-order valence-corrected chi connectivity index (χ2v) is 12.9. The fraction of sp³-hybridized carbons (Fsp3) is 0.559. The Bertz CT molecular complexity index is 1500. The number of likely N-dealkylation sites (tertiary alicyclic amines) is 1. The Morgan fingerprint density at radius 1 is 0.900 bits per heavy atom. The number of anilines is 1. The van der Waals surface area contributed by atoms with E-state index in [4.69, 9.17) is 9.47 Å². The number of imide groups is 1. The van der Waals surface area contributed by atoms with Crippen molar-refractivity contribution < 1.29 is 50.2 Å². The molecule has 0 bridgehead atoms. The first kappa shape index (κ1) is 37.5. The lowest BCUT2D eigenvalue weighted by atomic mass is 9.98. The molecular formula is C34H41F6N5O5. The Morgan fingerprint density at radius 2 is 1.54 bits per heavy atom. The largest absolute Gasteiger partial charge is 0.416 e. The summed E-state index contributed by atoms with van der Waals surface area (Å²) in [7, 11) is 1.61. The number of morpholine rings is 1. The molecule has 50 heavy (non-hydrogen) atoms. The van der Waals surface area contributed by atoms with E-state index in [0.29, 0.717) is 63.8 Å². The number of nitrogens with zero attached hydrogens (tertiary/aromatic N) is 4. The number of aryl methyl sites for hydroxylation is 1. The molecule has 5 rings (SSSR count). The summed E-state index contributed by atoms with van der Waals surface area (Å²) in [4.78, 5) is 45.0. The molecule has 3 amide bonds. The zero-order valence-electron chi connectivity index (χ0n) is 27.9. The summed E-state index contributed by atoms with van der Waals surface area (Å²) in [5.74, 6) is -1.47. The summed E-state index contributed by atoms with van der Waals surface area (Å²) in [6.45, 7) is 6.36. The van der Waals surface area contributed by atoms with Gasteiger partial charge in [0.2, 0.25) is 11.8 Å². The minimum Gasteiger partial charge on any atom is -0.382 e. The Kier molecular flexibility index (Phi) is 11.8. The normalized spacial score (nSPS) is 21.3. The molecule has 2 atom stereocenters. The zero-order chi connectivity index (χ0) is 36.2. The second kappa shape index (κ2) is 15.7. The van der Waals surface area contributed by atoms with Crippen LogP contribution in [0.4, 0.5) is 32.0 Å². The Balaban J connectivity index is 1.38. The highest BCUT2D eigenvalue weighted by Crippen LogP contribution is 2.37. The van der Waals surface area contributed by atoms with E-state index in [0.717, 1.165) is 22.6 Å². The zero-order valence-corrected chi connectivity index (χ0v) is 27.9. The minimum absolute atomic E-state index is 0.0130. The number of hydrogen-bond acceptors (Lipinski definition) is 8. The molecule has 274 valence electrons. The van der Waals surface area contributed by atoms with E-state index in [1.165, 1.54) is 4.90 Å². The maximum atomic E-state index is 13.9. The summed E-state index contributed by atoms with van der Waals surface area (Å²) in [5, 5.41) is 3.13. The Labute approximate surface area is 286 Å². The Hall–Kier alpha value is -3.73. The van der Waals surface area contributed by atoms with Gasteiger partial charge in [-0.1, -0.05) is 12.1 Å². The predicted octanol–water partition coefficient (Wildman–Crippen LogP) is 4.27. The molecular weight excluding hydrogens is 672 g/mol. The van der Waals surface area contributed by atoms with Gasteiger partial charge in [0.25, 0.3) is 5.91 Å². The van der Waals surface area contributed by atoms with E-state index in [2.05, 4.69) is 15.1 Å². The standard InChI is InChI=1S/C34H41F6N5O5/c1-22-3-4-23(14-29(22)41-21-45-30(46)5-6-31(45)47)13-27-18-42(7-8-43-11-12-50-28(19-43)20-49-2)9-10-44(27)32(48)24-15-25(33(35,36)37)17-26(16-24)34(38,39)40/h3-4,14-17,27-28,41H,5-13,18-21H2,1-2H3/t27-,28+/m1/s1. The molecule has 0 aromatic heterocycles. The monoisotopic (exact) mass is 713 g/mol. The van der Waals surface area contributed by atoms with E-state index in [9.17, 15) is 40.7 Å². The molecule has 10 nitrogen and oxygen atoms in total. The van der Waals surface area contributed by atoms with Crippen molar-refractivity contribution in [2.24, 2.45) is 0 Å². The van der Waals surface area contributed by atoms with Gasteiger partial charge in [-0.05, 0) is 48.7 Å². The van der Waals surface area contributed by atoms with Crippen molar-refractivity contribution >= 4 is 23.4 Å². The number of methoxy groups -OCH3 is 1. The fourth-order valence-electron chi connectivity index (χ4n) is 6.58. The number of alkyl halides is 6. The highest BCUT2D eigenvalue weighted by Gasteiger charge is 2.39. The molecule has 16 heteroatoms. The van der Waals surface area contributed by atoms with E-state index < -0.39 is 41.0 Å². The van der Waals surface area contributed by atoms with Crippen LogP contribution in [0.2, 0.25) is 0 Å². The van der Waals surface area contributed by atoms with E-state index in [1.807, 2.05) is 25.1 Å². The molecule has 0 aliphatic carbocycles. The average molecular weight is 714 g/mol. The molecule has 0 unspecified atom stereocenters. The predicted molar refractivity (Wildman–Crippen MR) is 170 cm³/mol. The van der Waals surface area contributed by atoms with Gasteiger partial charge in [0.1, 0.15) is 0 Å². The van der Waals surface area contributed by atoms with Crippen molar-refractivity contribution in [1.29, 1.82) is 0 Å². The van der Waals surface area contributed by atoms with Crippen LogP contribution in [0.5, 0.6) is 0 Å². The molecule has 3 heterocycles. The first-order valence-corrected chi connectivity index (χ1v) is 16.4. The number of piperazine rings is 1. The lowest BCUT2D eigenvalue weighted by Crippen LogP contribution is -2.57. The van der Waals surface area contributed by atoms with Crippen LogP contribution in [0.1, 0.15) is 45.5 Å². The molecule has 3 aliphatic heterocycles. The summed E-state index contributed by atoms with van der Waals surface area (Å²) < 4.78 is 93.0. The SMILES string of the molecule is COC[C@@H]1CN(CCN2CCN(C(=O)c3cc(C(F)(F)F)cc(C(F)(F)F)c3)[C@H](Cc3ccc(C)c(NCN4C(=O)CCC4=O)c3)C2)CCO1. The van der Waals surface area contributed by atoms with Crippen LogP contribution in [-0.2, 0) is 37.8 Å². The third-order valence-corrected chi connectivity index (χ3v) is 9.33. The van der Waals surface area contributed by atoms with Crippen LogP contribution in [0.25, 0.3) is 0 Å². The topological polar surface area (TPSA) is 94.7 Å². The van der Waals surface area contributed by atoms with Crippen molar-refractivity contribution in [3.8, 4) is 0 Å². The number of halogens is 6. The van der Waals surface area contributed by atoms with Crippen molar-refractivity contribution in [2.75, 3.05) is 78.1 Å². The summed E-state index contributed by atoms with van der Waals surface area (Å²) >= 11 is 0. The van der Waals surface area contributed by atoms with Gasteiger partial charge in [-0.25, -0.2) is 0 Å². The number of amides is 3. The first-order valence-electron chi connectivity index (χ1n) is 16.4.